The molecule has 0 bridgehead atoms. The monoisotopic (exact) mass is 307 g/mol. The maximum Gasteiger partial charge on any atom is 0.331 e. The normalized spacial score (nSPS) is 12.2. The smallest absolute Gasteiger partial charge is 0.331 e. The van der Waals surface area contributed by atoms with Crippen molar-refractivity contribution < 1.29 is 23.8 Å². The predicted molar refractivity (Wildman–Crippen MR) is 82.5 cm³/mol. The lowest BCUT2D eigenvalue weighted by Crippen LogP contribution is -2.29. The van der Waals surface area contributed by atoms with Gasteiger partial charge in [-0.3, -0.25) is 4.79 Å². The summed E-state index contributed by atoms with van der Waals surface area (Å²) in [4.78, 5) is 22.3. The highest BCUT2D eigenvalue weighted by Gasteiger charge is 2.12. The molecule has 1 aromatic carbocycles. The number of hydrogen-bond acceptors (Lipinski definition) is 5. The summed E-state index contributed by atoms with van der Waals surface area (Å²) in [6.07, 6.45) is 1.84. The number of rotatable bonds is 7. The average molecular weight is 307 g/mol. The zero-order valence-electron chi connectivity index (χ0n) is 13.2. The van der Waals surface area contributed by atoms with E-state index < -0.39 is 18.0 Å². The molecule has 0 aliphatic rings. The van der Waals surface area contributed by atoms with E-state index in [9.17, 15) is 9.59 Å². The van der Waals surface area contributed by atoms with Crippen molar-refractivity contribution >= 4 is 18.0 Å². The minimum absolute atomic E-state index is 0.0283. The van der Waals surface area contributed by atoms with Gasteiger partial charge in [0.2, 0.25) is 0 Å². The van der Waals surface area contributed by atoms with Crippen molar-refractivity contribution in [3.8, 4) is 11.5 Å². The van der Waals surface area contributed by atoms with Gasteiger partial charge in [0.25, 0.3) is 5.91 Å². The summed E-state index contributed by atoms with van der Waals surface area (Å²) < 4.78 is 15.7. The largest absolute Gasteiger partial charge is 0.493 e. The summed E-state index contributed by atoms with van der Waals surface area (Å²) in [5.74, 6) is -0.152. The summed E-state index contributed by atoms with van der Waals surface area (Å²) in [5, 5.41) is 0. The van der Waals surface area contributed by atoms with Crippen LogP contribution in [0.15, 0.2) is 24.3 Å². The van der Waals surface area contributed by atoms with Crippen LogP contribution in [0, 0.1) is 0 Å². The molecule has 0 aliphatic carbocycles. The molecule has 0 heterocycles. The van der Waals surface area contributed by atoms with E-state index in [4.69, 9.17) is 19.9 Å². The van der Waals surface area contributed by atoms with Gasteiger partial charge in [0.1, 0.15) is 0 Å². The molecule has 120 valence electrons. The van der Waals surface area contributed by atoms with Crippen LogP contribution < -0.4 is 15.2 Å². The molecule has 2 N–H and O–H groups in total. The van der Waals surface area contributed by atoms with E-state index in [2.05, 4.69) is 0 Å². The van der Waals surface area contributed by atoms with Gasteiger partial charge < -0.3 is 19.9 Å². The first-order valence-electron chi connectivity index (χ1n) is 6.86. The third-order valence-corrected chi connectivity index (χ3v) is 2.66. The Morgan fingerprint density at radius 3 is 2.41 bits per heavy atom. The summed E-state index contributed by atoms with van der Waals surface area (Å²) in [6.45, 7) is 5.25. The van der Waals surface area contributed by atoms with Gasteiger partial charge in [-0.1, -0.05) is 6.07 Å². The van der Waals surface area contributed by atoms with Gasteiger partial charge in [0, 0.05) is 6.08 Å². The Bertz CT molecular complexity index is 566. The highest BCUT2D eigenvalue weighted by Crippen LogP contribution is 2.29. The van der Waals surface area contributed by atoms with Crippen molar-refractivity contribution in [2.24, 2.45) is 5.73 Å². The lowest BCUT2D eigenvalue weighted by atomic mass is 10.2. The molecule has 6 nitrogen and oxygen atoms in total. The quantitative estimate of drug-likeness (QED) is 0.614. The second-order valence-electron chi connectivity index (χ2n) is 4.89. The fourth-order valence-corrected chi connectivity index (χ4v) is 1.58. The van der Waals surface area contributed by atoms with Crippen molar-refractivity contribution in [3.63, 3.8) is 0 Å². The first-order valence-corrected chi connectivity index (χ1v) is 6.86. The highest BCUT2D eigenvalue weighted by molar-refractivity contribution is 5.90. The molecule has 0 aliphatic heterocycles. The van der Waals surface area contributed by atoms with Crippen molar-refractivity contribution in [2.45, 2.75) is 33.0 Å². The van der Waals surface area contributed by atoms with Crippen molar-refractivity contribution in [1.82, 2.24) is 0 Å². The molecule has 0 spiro atoms. The van der Waals surface area contributed by atoms with Gasteiger partial charge in [-0.2, -0.15) is 0 Å². The molecule has 1 atom stereocenters. The predicted octanol–water partition coefficient (Wildman–Crippen LogP) is 1.91. The van der Waals surface area contributed by atoms with Crippen molar-refractivity contribution in [3.05, 3.63) is 29.8 Å². The van der Waals surface area contributed by atoms with Crippen LogP contribution in [0.25, 0.3) is 6.08 Å². The SMILES string of the molecule is COc1cc(/C=C/C(=O)O[C@H](C)C(N)=O)ccc1OC(C)C. The van der Waals surface area contributed by atoms with Crippen LogP contribution in [0.4, 0.5) is 0 Å². The number of amides is 1. The highest BCUT2D eigenvalue weighted by atomic mass is 16.5. The molecule has 0 saturated heterocycles. The van der Waals surface area contributed by atoms with Crippen LogP contribution >= 0.6 is 0 Å². The van der Waals surface area contributed by atoms with Crippen molar-refractivity contribution in [2.75, 3.05) is 7.11 Å². The second-order valence-corrected chi connectivity index (χ2v) is 4.89. The average Bonchev–Trinajstić information content (AvgIpc) is 2.45. The molecule has 0 unspecified atom stereocenters. The van der Waals surface area contributed by atoms with Crippen LogP contribution in [0.1, 0.15) is 26.3 Å². The van der Waals surface area contributed by atoms with Crippen LogP contribution in [0.5, 0.6) is 11.5 Å². The molecule has 1 amide bonds. The molecule has 0 fully saturated rings. The van der Waals surface area contributed by atoms with Crippen molar-refractivity contribution in [1.29, 1.82) is 0 Å². The fraction of sp³-hybridized carbons (Fsp3) is 0.375. The molecule has 22 heavy (non-hydrogen) atoms. The number of methoxy groups -OCH3 is 1. The number of ether oxygens (including phenoxy) is 3. The summed E-state index contributed by atoms with van der Waals surface area (Å²) in [5.41, 5.74) is 5.75. The Labute approximate surface area is 129 Å². The van der Waals surface area contributed by atoms with Crippen LogP contribution in [-0.4, -0.2) is 31.2 Å². The minimum Gasteiger partial charge on any atom is -0.493 e. The maximum atomic E-state index is 11.5. The molecular weight excluding hydrogens is 286 g/mol. The number of carbonyl (C=O) groups excluding carboxylic acids is 2. The van der Waals surface area contributed by atoms with E-state index in [1.54, 1.807) is 31.4 Å². The summed E-state index contributed by atoms with van der Waals surface area (Å²) in [6, 6.07) is 5.27. The summed E-state index contributed by atoms with van der Waals surface area (Å²) in [7, 11) is 1.54. The lowest BCUT2D eigenvalue weighted by molar-refractivity contribution is -0.148. The van der Waals surface area contributed by atoms with E-state index >= 15 is 0 Å². The number of carbonyl (C=O) groups is 2. The zero-order valence-corrected chi connectivity index (χ0v) is 13.2. The Kier molecular flexibility index (Phi) is 6.44. The Morgan fingerprint density at radius 2 is 1.86 bits per heavy atom. The van der Waals surface area contributed by atoms with Gasteiger partial charge in [-0.25, -0.2) is 4.79 Å². The molecule has 0 saturated carbocycles. The molecule has 0 radical (unpaired) electrons. The maximum absolute atomic E-state index is 11.5. The zero-order chi connectivity index (χ0) is 16.7. The minimum atomic E-state index is -0.964. The molecular formula is C16H21NO5. The Hall–Kier alpha value is -2.50. The Morgan fingerprint density at radius 1 is 1.18 bits per heavy atom. The van der Waals surface area contributed by atoms with Crippen LogP contribution in [0.3, 0.4) is 0 Å². The van der Waals surface area contributed by atoms with Gasteiger partial charge in [0.15, 0.2) is 17.6 Å². The number of hydrogen-bond donors (Lipinski definition) is 1. The molecule has 0 aromatic heterocycles. The van der Waals surface area contributed by atoms with Crippen LogP contribution in [0.2, 0.25) is 0 Å². The molecule has 1 aromatic rings. The summed E-state index contributed by atoms with van der Waals surface area (Å²) >= 11 is 0. The Balaban J connectivity index is 2.79. The third-order valence-electron chi connectivity index (χ3n) is 2.66. The van der Waals surface area contributed by atoms with E-state index in [-0.39, 0.29) is 6.10 Å². The standard InChI is InChI=1S/C16H21NO5/c1-10(2)21-13-7-5-12(9-14(13)20-4)6-8-15(18)22-11(3)16(17)19/h5-11H,1-4H3,(H2,17,19)/b8-6+/t11-/m1/s1. The number of benzene rings is 1. The number of esters is 1. The molecule has 1 rings (SSSR count). The van der Waals surface area contributed by atoms with E-state index in [1.165, 1.54) is 13.0 Å². The first-order chi connectivity index (χ1) is 10.3. The van der Waals surface area contributed by atoms with Gasteiger partial charge in [-0.15, -0.1) is 0 Å². The first kappa shape index (κ1) is 17.6. The van der Waals surface area contributed by atoms with Gasteiger partial charge >= 0.3 is 5.97 Å². The van der Waals surface area contributed by atoms with Gasteiger partial charge in [0.05, 0.1) is 13.2 Å². The third kappa shape index (κ3) is 5.47. The topological polar surface area (TPSA) is 87.9 Å². The lowest BCUT2D eigenvalue weighted by Gasteiger charge is -2.13. The van der Waals surface area contributed by atoms with Crippen LogP contribution in [-0.2, 0) is 14.3 Å². The van der Waals surface area contributed by atoms with E-state index in [1.807, 2.05) is 13.8 Å². The number of primary amides is 1. The van der Waals surface area contributed by atoms with Gasteiger partial charge in [-0.05, 0) is 44.5 Å². The fourth-order valence-electron chi connectivity index (χ4n) is 1.58. The van der Waals surface area contributed by atoms with E-state index in [0.29, 0.717) is 11.5 Å². The number of nitrogens with two attached hydrogens (primary N) is 1. The second kappa shape index (κ2) is 8.07. The van der Waals surface area contributed by atoms with E-state index in [0.717, 1.165) is 5.56 Å². The molecule has 6 heteroatoms.